The van der Waals surface area contributed by atoms with E-state index in [2.05, 4.69) is 53.4 Å². The summed E-state index contributed by atoms with van der Waals surface area (Å²) in [6.07, 6.45) is 1.82. The zero-order valence-electron chi connectivity index (χ0n) is 15.4. The van der Waals surface area contributed by atoms with Gasteiger partial charge in [0.2, 0.25) is 5.16 Å². The average Bonchev–Trinajstić information content (AvgIpc) is 2.99. The molecule has 4 nitrogen and oxygen atoms in total. The van der Waals surface area contributed by atoms with Gasteiger partial charge in [0, 0.05) is 15.8 Å². The van der Waals surface area contributed by atoms with Gasteiger partial charge in [0.25, 0.3) is 0 Å². The lowest BCUT2D eigenvalue weighted by Crippen LogP contribution is -1.97. The second-order valence-corrected chi connectivity index (χ2v) is 8.22. The van der Waals surface area contributed by atoms with Crippen LogP contribution in [-0.2, 0) is 5.75 Å². The number of nitrogens with zero attached hydrogens (tertiary/aromatic N) is 4. The Morgan fingerprint density at radius 2 is 1.85 bits per heavy atom. The lowest BCUT2D eigenvalue weighted by Gasteiger charge is -2.06. The Hall–Kier alpha value is -1.82. The minimum absolute atomic E-state index is 0.513. The Labute approximate surface area is 173 Å². The maximum atomic E-state index is 6.25. The fraction of sp³-hybridized carbons (Fsp3) is 0.250. The third kappa shape index (κ3) is 5.12. The molecule has 1 heterocycles. The normalized spacial score (nSPS) is 11.6. The predicted octanol–water partition coefficient (Wildman–Crippen LogP) is 6.19. The van der Waals surface area contributed by atoms with Crippen molar-refractivity contribution in [3.05, 3.63) is 75.0 Å². The van der Waals surface area contributed by atoms with Crippen LogP contribution in [0.2, 0.25) is 10.0 Å². The Morgan fingerprint density at radius 1 is 1.11 bits per heavy atom. The molecule has 140 valence electrons. The van der Waals surface area contributed by atoms with Crippen molar-refractivity contribution in [2.75, 3.05) is 0 Å². The predicted molar refractivity (Wildman–Crippen MR) is 114 cm³/mol. The molecular weight excluding hydrogens is 399 g/mol. The van der Waals surface area contributed by atoms with Crippen LogP contribution in [0.1, 0.15) is 42.3 Å². The van der Waals surface area contributed by atoms with Gasteiger partial charge in [-0.15, -0.1) is 10.2 Å². The van der Waals surface area contributed by atoms with E-state index in [1.54, 1.807) is 10.7 Å². The van der Waals surface area contributed by atoms with Crippen LogP contribution in [0.25, 0.3) is 0 Å². The molecule has 0 N–H and O–H groups in total. The lowest BCUT2D eigenvalue weighted by molar-refractivity contribution is 0.744. The Morgan fingerprint density at radius 3 is 2.52 bits per heavy atom. The smallest absolute Gasteiger partial charge is 0.192 e. The molecule has 0 aliphatic carbocycles. The molecule has 3 rings (SSSR count). The number of hydrogen-bond donors (Lipinski definition) is 0. The summed E-state index contributed by atoms with van der Waals surface area (Å²) in [4.78, 5) is 0. The minimum Gasteiger partial charge on any atom is -0.192 e. The molecule has 0 bridgehead atoms. The van der Waals surface area contributed by atoms with Gasteiger partial charge >= 0.3 is 0 Å². The molecule has 7 heteroatoms. The van der Waals surface area contributed by atoms with E-state index in [9.17, 15) is 0 Å². The van der Waals surface area contributed by atoms with Gasteiger partial charge in [0.1, 0.15) is 0 Å². The number of aromatic nitrogens is 3. The van der Waals surface area contributed by atoms with E-state index in [-0.39, 0.29) is 0 Å². The topological polar surface area (TPSA) is 43.1 Å². The summed E-state index contributed by atoms with van der Waals surface area (Å²) < 4.78 is 1.74. The second kappa shape index (κ2) is 8.91. The van der Waals surface area contributed by atoms with Crippen LogP contribution in [0.3, 0.4) is 0 Å². The molecule has 0 atom stereocenters. The first-order valence-corrected chi connectivity index (χ1v) is 10.3. The standard InChI is InChI=1S/C20H20Cl2N4S/c1-13(2)16-6-4-15(5-7-16)11-23-26-14(3)24-25-20(26)27-12-17-8-9-18(21)10-19(17)22/h4-11,13H,12H2,1-3H3/b23-11+. The lowest BCUT2D eigenvalue weighted by atomic mass is 10.0. The highest BCUT2D eigenvalue weighted by Gasteiger charge is 2.10. The van der Waals surface area contributed by atoms with E-state index < -0.39 is 0 Å². The van der Waals surface area contributed by atoms with E-state index in [4.69, 9.17) is 23.2 Å². The highest BCUT2D eigenvalue weighted by molar-refractivity contribution is 7.98. The van der Waals surface area contributed by atoms with Crippen LogP contribution in [0.5, 0.6) is 0 Å². The van der Waals surface area contributed by atoms with Crippen molar-refractivity contribution in [2.24, 2.45) is 5.10 Å². The summed E-state index contributed by atoms with van der Waals surface area (Å²) in [5.41, 5.74) is 3.33. The van der Waals surface area contributed by atoms with E-state index in [0.717, 1.165) is 17.0 Å². The van der Waals surface area contributed by atoms with E-state index >= 15 is 0 Å². The molecule has 1 aromatic heterocycles. The quantitative estimate of drug-likeness (QED) is 0.353. The summed E-state index contributed by atoms with van der Waals surface area (Å²) in [5.74, 6) is 1.90. The molecule has 0 unspecified atom stereocenters. The zero-order chi connectivity index (χ0) is 19.4. The number of rotatable bonds is 6. The van der Waals surface area contributed by atoms with Gasteiger partial charge in [-0.25, -0.2) is 0 Å². The summed E-state index contributed by atoms with van der Waals surface area (Å²) >= 11 is 13.7. The third-order valence-corrected chi connectivity index (χ3v) is 5.62. The molecule has 0 amide bonds. The van der Waals surface area contributed by atoms with Crippen molar-refractivity contribution in [1.29, 1.82) is 0 Å². The van der Waals surface area contributed by atoms with Gasteiger partial charge in [-0.05, 0) is 41.7 Å². The minimum atomic E-state index is 0.513. The molecule has 0 fully saturated rings. The van der Waals surface area contributed by atoms with Crippen LogP contribution >= 0.6 is 35.0 Å². The van der Waals surface area contributed by atoms with Gasteiger partial charge in [-0.3, -0.25) is 0 Å². The van der Waals surface area contributed by atoms with Crippen molar-refractivity contribution >= 4 is 41.2 Å². The Bertz CT molecular complexity index is 949. The van der Waals surface area contributed by atoms with Crippen molar-refractivity contribution < 1.29 is 0 Å². The first kappa shape index (κ1) is 19.9. The molecule has 3 aromatic rings. The number of aryl methyl sites for hydroxylation is 1. The van der Waals surface area contributed by atoms with Crippen molar-refractivity contribution in [3.63, 3.8) is 0 Å². The van der Waals surface area contributed by atoms with Gasteiger partial charge in [-0.2, -0.15) is 9.78 Å². The van der Waals surface area contributed by atoms with Gasteiger partial charge in [-0.1, -0.05) is 79.1 Å². The van der Waals surface area contributed by atoms with Crippen molar-refractivity contribution in [2.45, 2.75) is 37.6 Å². The molecule has 0 radical (unpaired) electrons. The van der Waals surface area contributed by atoms with Crippen LogP contribution in [0.4, 0.5) is 0 Å². The first-order valence-electron chi connectivity index (χ1n) is 8.57. The molecule has 0 saturated heterocycles. The fourth-order valence-electron chi connectivity index (χ4n) is 2.43. The summed E-state index contributed by atoms with van der Waals surface area (Å²) in [6, 6.07) is 13.9. The second-order valence-electron chi connectivity index (χ2n) is 6.43. The van der Waals surface area contributed by atoms with E-state index in [1.165, 1.54) is 17.3 Å². The Kier molecular flexibility index (Phi) is 6.58. The summed E-state index contributed by atoms with van der Waals surface area (Å²) in [6.45, 7) is 6.24. The van der Waals surface area contributed by atoms with Crippen LogP contribution in [-0.4, -0.2) is 21.1 Å². The molecule has 27 heavy (non-hydrogen) atoms. The maximum absolute atomic E-state index is 6.25. The molecule has 0 aliphatic heterocycles. The van der Waals surface area contributed by atoms with Crippen LogP contribution in [0.15, 0.2) is 52.7 Å². The third-order valence-electron chi connectivity index (χ3n) is 4.07. The monoisotopic (exact) mass is 418 g/mol. The van der Waals surface area contributed by atoms with Crippen molar-refractivity contribution in [3.8, 4) is 0 Å². The molecule has 0 aliphatic rings. The molecule has 0 saturated carbocycles. The van der Waals surface area contributed by atoms with Crippen molar-refractivity contribution in [1.82, 2.24) is 14.9 Å². The van der Waals surface area contributed by atoms with Crippen LogP contribution in [0, 0.1) is 6.92 Å². The highest BCUT2D eigenvalue weighted by Crippen LogP contribution is 2.28. The largest absolute Gasteiger partial charge is 0.212 e. The SMILES string of the molecule is Cc1nnc(SCc2ccc(Cl)cc2Cl)n1/N=C/c1ccc(C(C)C)cc1. The maximum Gasteiger partial charge on any atom is 0.212 e. The number of benzene rings is 2. The summed E-state index contributed by atoms with van der Waals surface area (Å²) in [5, 5.41) is 14.9. The van der Waals surface area contributed by atoms with Crippen LogP contribution < -0.4 is 0 Å². The fourth-order valence-corrected chi connectivity index (χ4v) is 3.92. The average molecular weight is 419 g/mol. The molecule has 2 aromatic carbocycles. The Balaban J connectivity index is 1.74. The van der Waals surface area contributed by atoms with Gasteiger partial charge < -0.3 is 0 Å². The summed E-state index contributed by atoms with van der Waals surface area (Å²) in [7, 11) is 0. The number of thioether (sulfide) groups is 1. The number of hydrogen-bond acceptors (Lipinski definition) is 4. The van der Waals surface area contributed by atoms with E-state index in [0.29, 0.717) is 26.9 Å². The molecular formula is C20H20Cl2N4S. The first-order chi connectivity index (χ1) is 12.9. The van der Waals surface area contributed by atoms with Gasteiger partial charge in [0.05, 0.1) is 6.21 Å². The zero-order valence-corrected chi connectivity index (χ0v) is 17.7. The highest BCUT2D eigenvalue weighted by atomic mass is 35.5. The molecule has 0 spiro atoms. The van der Waals surface area contributed by atoms with Gasteiger partial charge in [0.15, 0.2) is 5.82 Å². The number of halogens is 2. The van der Waals surface area contributed by atoms with E-state index in [1.807, 2.05) is 25.3 Å².